The third-order valence-electron chi connectivity index (χ3n) is 6.30. The third-order valence-corrected chi connectivity index (χ3v) is 6.30. The zero-order valence-electron chi connectivity index (χ0n) is 28.6. The lowest BCUT2D eigenvalue weighted by Crippen LogP contribution is -2.70. The zero-order chi connectivity index (χ0) is 41.4. The van der Waals surface area contributed by atoms with E-state index in [-0.39, 0.29) is 24.8 Å². The molecule has 18 heteroatoms. The first-order valence-electron chi connectivity index (χ1n) is 14.8. The summed E-state index contributed by atoms with van der Waals surface area (Å²) in [7, 11) is 0. The molecule has 0 unspecified atom stereocenters. The Hall–Kier alpha value is -4.25. The largest absolute Gasteiger partial charge is 0.498 e. The van der Waals surface area contributed by atoms with E-state index in [1.807, 2.05) is 0 Å². The van der Waals surface area contributed by atoms with Gasteiger partial charge < -0.3 is 14.2 Å². The van der Waals surface area contributed by atoms with Gasteiger partial charge in [-0.2, -0.15) is 57.1 Å². The lowest BCUT2D eigenvalue weighted by molar-refractivity contribution is -0.436. The van der Waals surface area contributed by atoms with Crippen molar-refractivity contribution in [2.75, 3.05) is 13.2 Å². The van der Waals surface area contributed by atoms with Crippen LogP contribution in [0.1, 0.15) is 53.4 Å². The van der Waals surface area contributed by atoms with E-state index in [2.05, 4.69) is 31.1 Å². The number of carbonyl (C=O) groups excluding carboxylic acids is 2. The topological polar surface area (TPSA) is 61.8 Å². The number of rotatable bonds is 20. The van der Waals surface area contributed by atoms with Gasteiger partial charge in [0.15, 0.2) is 0 Å². The van der Waals surface area contributed by atoms with Crippen molar-refractivity contribution in [2.24, 2.45) is 0 Å². The highest BCUT2D eigenvalue weighted by molar-refractivity contribution is 5.86. The summed E-state index contributed by atoms with van der Waals surface area (Å²) in [6, 6.07) is 0. The molecule has 0 heterocycles. The van der Waals surface area contributed by atoms with E-state index in [1.54, 1.807) is 19.9 Å². The van der Waals surface area contributed by atoms with E-state index < -0.39 is 59.1 Å². The Kier molecular flexibility index (Phi) is 19.9. The highest BCUT2D eigenvalue weighted by atomic mass is 19.4. The zero-order valence-corrected chi connectivity index (χ0v) is 28.6. The molecule has 0 aromatic rings. The maximum Gasteiger partial charge on any atom is 0.460 e. The van der Waals surface area contributed by atoms with Crippen molar-refractivity contribution in [3.63, 3.8) is 0 Å². The number of esters is 2. The number of unbranched alkanes of at least 4 members (excludes halogenated alkanes) is 3. The molecule has 52 heavy (non-hydrogen) atoms. The lowest BCUT2D eigenvalue weighted by atomic mass is 9.90. The Balaban J connectivity index is 0. The number of carbonyl (C=O) groups is 2. The van der Waals surface area contributed by atoms with Crippen molar-refractivity contribution >= 4 is 11.9 Å². The van der Waals surface area contributed by atoms with Crippen LogP contribution in [0, 0.1) is 0 Å². The fraction of sp³-hybridized carbons (Fsp3) is 0.471. The maximum atomic E-state index is 14.4. The van der Waals surface area contributed by atoms with Crippen LogP contribution >= 0.6 is 0 Å². The molecule has 0 aliphatic heterocycles. The first kappa shape index (κ1) is 49.9. The smallest absolute Gasteiger partial charge is 0.460 e. The minimum atomic E-state index is -8.03. The van der Waals surface area contributed by atoms with Crippen LogP contribution < -0.4 is 0 Å². The Labute approximate surface area is 292 Å². The SMILES string of the molecule is C=C.C=C(/C=C\C(=C/C)C(F)(F)C(F)(F)C(F)(F)C(F)(F)C(F)(F)C(F)(F)F)OC(=O)/C=C/C(C)=C/C=C(\C)OCCCCCCOC(=O)C(=C)C. The van der Waals surface area contributed by atoms with E-state index in [1.165, 1.54) is 19.1 Å². The summed E-state index contributed by atoms with van der Waals surface area (Å²) in [5, 5.41) is 0. The summed E-state index contributed by atoms with van der Waals surface area (Å²) < 4.78 is 190. The molecule has 0 amide bonds. The normalized spacial score (nSPS) is 14.2. The standard InChI is InChI=1S/C32H35F13O5.C2H4/c1-7-24(27(33,34)28(35,36)29(37,38)30(39,40)31(41,42)32(43,44)45)16-15-23(6)50-25(46)17-13-21(4)12-14-22(5)48-18-10-8-9-11-19-49-26(47)20(2)3;1-2/h7,12-17H,2,6,8-11,18-19H2,1,3-5H3;1-2H2/b16-15-,17-13+,21-12+,22-14+,24-7+;. The first-order valence-corrected chi connectivity index (χ1v) is 14.8. The Morgan fingerprint density at radius 1 is 0.615 bits per heavy atom. The van der Waals surface area contributed by atoms with E-state index >= 15 is 0 Å². The second-order valence-electron chi connectivity index (χ2n) is 10.5. The van der Waals surface area contributed by atoms with Crippen molar-refractivity contribution in [3.05, 3.63) is 97.1 Å². The van der Waals surface area contributed by atoms with E-state index in [0.717, 1.165) is 18.9 Å². The molecule has 0 aromatic heterocycles. The molecule has 0 N–H and O–H groups in total. The van der Waals surface area contributed by atoms with Crippen LogP contribution in [0.3, 0.4) is 0 Å². The number of hydrogen-bond donors (Lipinski definition) is 0. The van der Waals surface area contributed by atoms with Crippen LogP contribution in [-0.4, -0.2) is 60.9 Å². The minimum absolute atomic E-state index is 0.0595. The van der Waals surface area contributed by atoms with Gasteiger partial charge in [0.05, 0.1) is 19.0 Å². The van der Waals surface area contributed by atoms with Gasteiger partial charge in [0.2, 0.25) is 0 Å². The molecule has 0 rings (SSSR count). The predicted octanol–water partition coefficient (Wildman–Crippen LogP) is 11.2. The molecule has 0 atom stereocenters. The maximum absolute atomic E-state index is 14.4. The Morgan fingerprint density at radius 3 is 1.56 bits per heavy atom. The molecular formula is C34H39F13O5. The van der Waals surface area contributed by atoms with Crippen molar-refractivity contribution in [2.45, 2.75) is 89.2 Å². The lowest BCUT2D eigenvalue weighted by Gasteiger charge is -2.40. The summed E-state index contributed by atoms with van der Waals surface area (Å²) in [4.78, 5) is 23.3. The Morgan fingerprint density at radius 2 is 1.10 bits per heavy atom. The number of alkyl halides is 13. The summed E-state index contributed by atoms with van der Waals surface area (Å²) >= 11 is 0. The van der Waals surface area contributed by atoms with Crippen molar-refractivity contribution in [1.82, 2.24) is 0 Å². The summed E-state index contributed by atoms with van der Waals surface area (Å²) in [5.41, 5.74) is -1.50. The van der Waals surface area contributed by atoms with Gasteiger partial charge >= 0.3 is 47.7 Å². The van der Waals surface area contributed by atoms with Crippen LogP contribution in [0.2, 0.25) is 0 Å². The molecule has 0 spiro atoms. The number of ether oxygens (including phenoxy) is 3. The highest BCUT2D eigenvalue weighted by Gasteiger charge is 2.90. The van der Waals surface area contributed by atoms with E-state index in [0.29, 0.717) is 43.3 Å². The van der Waals surface area contributed by atoms with Gasteiger partial charge in [0.25, 0.3) is 0 Å². The molecule has 0 radical (unpaired) electrons. The molecule has 0 aliphatic carbocycles. The number of allylic oxidation sites excluding steroid dienone is 9. The average molecular weight is 775 g/mol. The van der Waals surface area contributed by atoms with Crippen LogP contribution in [0.4, 0.5) is 57.1 Å². The van der Waals surface area contributed by atoms with Crippen molar-refractivity contribution in [3.8, 4) is 0 Å². The molecule has 0 aromatic carbocycles. The van der Waals surface area contributed by atoms with Crippen molar-refractivity contribution < 1.29 is 80.9 Å². The molecule has 0 aliphatic rings. The molecule has 0 saturated carbocycles. The van der Waals surface area contributed by atoms with Gasteiger partial charge in [0, 0.05) is 17.2 Å². The van der Waals surface area contributed by atoms with Crippen LogP contribution in [-0.2, 0) is 23.8 Å². The minimum Gasteiger partial charge on any atom is -0.498 e. The van der Waals surface area contributed by atoms with Gasteiger partial charge in [-0.1, -0.05) is 37.0 Å². The molecular weight excluding hydrogens is 735 g/mol. The number of hydrogen-bond acceptors (Lipinski definition) is 5. The molecule has 5 nitrogen and oxygen atoms in total. The van der Waals surface area contributed by atoms with Crippen LogP contribution in [0.5, 0.6) is 0 Å². The second-order valence-corrected chi connectivity index (χ2v) is 10.5. The highest BCUT2D eigenvalue weighted by Crippen LogP contribution is 2.61. The van der Waals surface area contributed by atoms with E-state index in [4.69, 9.17) is 9.47 Å². The summed E-state index contributed by atoms with van der Waals surface area (Å²) in [6.45, 7) is 18.4. The fourth-order valence-electron chi connectivity index (χ4n) is 3.34. The van der Waals surface area contributed by atoms with Crippen molar-refractivity contribution in [1.29, 1.82) is 0 Å². The molecule has 0 saturated heterocycles. The number of halogens is 13. The first-order chi connectivity index (χ1) is 23.6. The fourth-order valence-corrected chi connectivity index (χ4v) is 3.34. The van der Waals surface area contributed by atoms with Crippen LogP contribution in [0.25, 0.3) is 0 Å². The monoisotopic (exact) mass is 774 g/mol. The van der Waals surface area contributed by atoms with Crippen LogP contribution in [0.15, 0.2) is 97.1 Å². The average Bonchev–Trinajstić information content (AvgIpc) is 3.03. The molecule has 0 fully saturated rings. The van der Waals surface area contributed by atoms with E-state index in [9.17, 15) is 66.7 Å². The quantitative estimate of drug-likeness (QED) is 0.0234. The summed E-state index contributed by atoms with van der Waals surface area (Å²) in [5.74, 6) is -39.9. The van der Waals surface area contributed by atoms with Gasteiger partial charge in [-0.15, -0.1) is 13.2 Å². The van der Waals surface area contributed by atoms with Gasteiger partial charge in [-0.3, -0.25) is 0 Å². The Bertz CT molecular complexity index is 1390. The predicted molar refractivity (Wildman–Crippen MR) is 167 cm³/mol. The molecule has 296 valence electrons. The third kappa shape index (κ3) is 13.4. The van der Waals surface area contributed by atoms with Gasteiger partial charge in [-0.05, 0) is 71.6 Å². The summed E-state index contributed by atoms with van der Waals surface area (Å²) in [6.07, 6.45) is 0.544. The van der Waals surface area contributed by atoms with Gasteiger partial charge in [0.1, 0.15) is 5.76 Å². The molecule has 0 bridgehead atoms. The van der Waals surface area contributed by atoms with Gasteiger partial charge in [-0.25, -0.2) is 9.59 Å². The second kappa shape index (κ2) is 20.7.